The van der Waals surface area contributed by atoms with Crippen molar-refractivity contribution in [2.24, 2.45) is 0 Å². The Hall–Kier alpha value is -2.14. The van der Waals surface area contributed by atoms with Crippen molar-refractivity contribution in [2.45, 2.75) is 32.0 Å². The van der Waals surface area contributed by atoms with Gasteiger partial charge in [0.2, 0.25) is 0 Å². The second kappa shape index (κ2) is 6.15. The largest absolute Gasteiger partial charge is 0.417 e. The zero-order valence-electron chi connectivity index (χ0n) is 10.4. The fourth-order valence-electron chi connectivity index (χ4n) is 1.66. The molecule has 0 bridgehead atoms. The molecular formula is C14H13F3N2. The fourth-order valence-corrected chi connectivity index (χ4v) is 1.66. The quantitative estimate of drug-likeness (QED) is 0.841. The highest BCUT2D eigenvalue weighted by Crippen LogP contribution is 2.33. The lowest BCUT2D eigenvalue weighted by atomic mass is 10.1. The molecule has 0 aliphatic carbocycles. The van der Waals surface area contributed by atoms with Gasteiger partial charge < -0.3 is 5.32 Å². The zero-order valence-corrected chi connectivity index (χ0v) is 10.4. The topological polar surface area (TPSA) is 35.8 Å². The van der Waals surface area contributed by atoms with Gasteiger partial charge in [0.15, 0.2) is 0 Å². The van der Waals surface area contributed by atoms with Crippen LogP contribution < -0.4 is 5.32 Å². The minimum Gasteiger partial charge on any atom is -0.372 e. The Balaban J connectivity index is 3.02. The maximum absolute atomic E-state index is 12.6. The summed E-state index contributed by atoms with van der Waals surface area (Å²) in [4.78, 5) is 0. The molecule has 100 valence electrons. The van der Waals surface area contributed by atoms with Gasteiger partial charge in [-0.1, -0.05) is 19.3 Å². The minimum absolute atomic E-state index is 0.256. The van der Waals surface area contributed by atoms with Crippen molar-refractivity contribution in [1.29, 1.82) is 5.26 Å². The van der Waals surface area contributed by atoms with Crippen molar-refractivity contribution in [1.82, 2.24) is 0 Å². The first-order valence-electron chi connectivity index (χ1n) is 5.76. The number of terminal acetylenes is 1. The summed E-state index contributed by atoms with van der Waals surface area (Å²) in [5.41, 5.74) is -0.931. The first kappa shape index (κ1) is 14.9. The van der Waals surface area contributed by atoms with E-state index in [0.29, 0.717) is 12.1 Å². The third-order valence-corrected chi connectivity index (χ3v) is 2.56. The van der Waals surface area contributed by atoms with Crippen LogP contribution in [-0.4, -0.2) is 6.04 Å². The highest BCUT2D eigenvalue weighted by molar-refractivity contribution is 5.54. The number of alkyl halides is 3. The first-order valence-corrected chi connectivity index (χ1v) is 5.76. The number of nitrogens with one attached hydrogen (secondary N) is 1. The Bertz CT molecular complexity index is 521. The Morgan fingerprint density at radius 1 is 1.42 bits per heavy atom. The van der Waals surface area contributed by atoms with Gasteiger partial charge in [-0.05, 0) is 24.6 Å². The number of hydrogen-bond donors (Lipinski definition) is 1. The van der Waals surface area contributed by atoms with Gasteiger partial charge >= 0.3 is 6.18 Å². The number of nitriles is 1. The van der Waals surface area contributed by atoms with E-state index < -0.39 is 17.3 Å². The number of rotatable bonds is 4. The zero-order chi connectivity index (χ0) is 14.5. The highest BCUT2D eigenvalue weighted by atomic mass is 19.4. The van der Waals surface area contributed by atoms with Gasteiger partial charge in [-0.2, -0.15) is 18.4 Å². The average Bonchev–Trinajstić information content (AvgIpc) is 2.36. The molecule has 0 saturated heterocycles. The summed E-state index contributed by atoms with van der Waals surface area (Å²) in [6.45, 7) is 1.96. The molecule has 0 amide bonds. The molecule has 0 aliphatic heterocycles. The first-order chi connectivity index (χ1) is 8.92. The van der Waals surface area contributed by atoms with Crippen molar-refractivity contribution in [3.63, 3.8) is 0 Å². The lowest BCUT2D eigenvalue weighted by Crippen LogP contribution is -2.17. The van der Waals surface area contributed by atoms with E-state index in [2.05, 4.69) is 11.2 Å². The minimum atomic E-state index is -4.53. The van der Waals surface area contributed by atoms with E-state index in [1.165, 1.54) is 12.1 Å². The Morgan fingerprint density at radius 3 is 2.58 bits per heavy atom. The van der Waals surface area contributed by atoms with Crippen LogP contribution in [0.2, 0.25) is 0 Å². The summed E-state index contributed by atoms with van der Waals surface area (Å²) < 4.78 is 37.8. The van der Waals surface area contributed by atoms with Crippen molar-refractivity contribution >= 4 is 5.69 Å². The van der Waals surface area contributed by atoms with Gasteiger partial charge in [0, 0.05) is 5.69 Å². The highest BCUT2D eigenvalue weighted by Gasteiger charge is 2.33. The number of anilines is 1. The second-order valence-corrected chi connectivity index (χ2v) is 4.02. The summed E-state index contributed by atoms with van der Waals surface area (Å²) in [6.07, 6.45) is 2.35. The predicted molar refractivity (Wildman–Crippen MR) is 67.3 cm³/mol. The van der Waals surface area contributed by atoms with Gasteiger partial charge in [-0.25, -0.2) is 0 Å². The van der Waals surface area contributed by atoms with Crippen molar-refractivity contribution in [2.75, 3.05) is 5.32 Å². The molecule has 1 unspecified atom stereocenters. The normalized spacial score (nSPS) is 12.3. The van der Waals surface area contributed by atoms with E-state index in [1.54, 1.807) is 6.07 Å². The number of halogens is 3. The third-order valence-electron chi connectivity index (χ3n) is 2.56. The van der Waals surface area contributed by atoms with Crippen LogP contribution in [0.3, 0.4) is 0 Å². The lowest BCUT2D eigenvalue weighted by Gasteiger charge is -2.15. The standard InChI is InChI=1S/C14H13F3N2/c1-3-5-11(4-2)19-12-6-7-13(14(15,16)17)10(8-12)9-18/h2,6-8,11,19H,3,5H2,1H3. The number of hydrogen-bond acceptors (Lipinski definition) is 2. The van der Waals surface area contributed by atoms with Crippen molar-refractivity contribution in [3.05, 3.63) is 29.3 Å². The summed E-state index contributed by atoms with van der Waals surface area (Å²) in [5.74, 6) is 2.52. The van der Waals surface area contributed by atoms with Crippen LogP contribution >= 0.6 is 0 Å². The maximum Gasteiger partial charge on any atom is 0.417 e. The molecule has 1 aromatic rings. The van der Waals surface area contributed by atoms with E-state index >= 15 is 0 Å². The molecule has 19 heavy (non-hydrogen) atoms. The van der Waals surface area contributed by atoms with Crippen LogP contribution in [0, 0.1) is 23.7 Å². The molecule has 0 fully saturated rings. The summed E-state index contributed by atoms with van der Waals surface area (Å²) in [6, 6.07) is 4.64. The molecule has 1 aromatic carbocycles. The number of nitrogens with zero attached hydrogens (tertiary/aromatic N) is 1. The Morgan fingerprint density at radius 2 is 2.11 bits per heavy atom. The van der Waals surface area contributed by atoms with E-state index in [1.807, 2.05) is 6.92 Å². The van der Waals surface area contributed by atoms with Crippen LogP contribution in [0.25, 0.3) is 0 Å². The number of benzene rings is 1. The van der Waals surface area contributed by atoms with Crippen LogP contribution in [0.4, 0.5) is 18.9 Å². The molecule has 0 aromatic heterocycles. The van der Waals surface area contributed by atoms with E-state index in [9.17, 15) is 13.2 Å². The molecule has 0 saturated carbocycles. The van der Waals surface area contributed by atoms with E-state index in [4.69, 9.17) is 11.7 Å². The molecule has 0 heterocycles. The Kier molecular flexibility index (Phi) is 4.83. The molecule has 1 N–H and O–H groups in total. The van der Waals surface area contributed by atoms with Crippen molar-refractivity contribution in [3.8, 4) is 18.4 Å². The monoisotopic (exact) mass is 266 g/mol. The van der Waals surface area contributed by atoms with Gasteiger partial charge in [0.1, 0.15) is 0 Å². The predicted octanol–water partition coefficient (Wildman–Crippen LogP) is 3.79. The smallest absolute Gasteiger partial charge is 0.372 e. The molecule has 2 nitrogen and oxygen atoms in total. The van der Waals surface area contributed by atoms with Gasteiger partial charge in [-0.3, -0.25) is 0 Å². The van der Waals surface area contributed by atoms with Crippen LogP contribution in [0.1, 0.15) is 30.9 Å². The van der Waals surface area contributed by atoms with Gasteiger partial charge in [-0.15, -0.1) is 6.42 Å². The molecule has 0 radical (unpaired) electrons. The van der Waals surface area contributed by atoms with E-state index in [0.717, 1.165) is 12.5 Å². The van der Waals surface area contributed by atoms with Crippen molar-refractivity contribution < 1.29 is 13.2 Å². The second-order valence-electron chi connectivity index (χ2n) is 4.02. The van der Waals surface area contributed by atoms with Crippen LogP contribution in [-0.2, 0) is 6.18 Å². The SMILES string of the molecule is C#CC(CCC)Nc1ccc(C(F)(F)F)c(C#N)c1. The van der Waals surface area contributed by atoms with Crippen LogP contribution in [0.15, 0.2) is 18.2 Å². The molecule has 0 spiro atoms. The molecule has 1 atom stereocenters. The molecule has 1 rings (SSSR count). The van der Waals surface area contributed by atoms with Gasteiger partial charge in [0.05, 0.1) is 23.2 Å². The fraction of sp³-hybridized carbons (Fsp3) is 0.357. The molecule has 5 heteroatoms. The van der Waals surface area contributed by atoms with Crippen LogP contribution in [0.5, 0.6) is 0 Å². The molecular weight excluding hydrogens is 253 g/mol. The Labute approximate surface area is 110 Å². The maximum atomic E-state index is 12.6. The van der Waals surface area contributed by atoms with Gasteiger partial charge in [0.25, 0.3) is 0 Å². The van der Waals surface area contributed by atoms with E-state index in [-0.39, 0.29) is 6.04 Å². The summed E-state index contributed by atoms with van der Waals surface area (Å²) in [7, 11) is 0. The average molecular weight is 266 g/mol. The molecule has 0 aliphatic rings. The summed E-state index contributed by atoms with van der Waals surface area (Å²) in [5, 5.41) is 11.7. The third kappa shape index (κ3) is 3.93. The lowest BCUT2D eigenvalue weighted by molar-refractivity contribution is -0.137. The summed E-state index contributed by atoms with van der Waals surface area (Å²) >= 11 is 0.